The first-order valence-electron chi connectivity index (χ1n) is 7.21. The van der Waals surface area contributed by atoms with Crippen LogP contribution in [0.25, 0.3) is 0 Å². The van der Waals surface area contributed by atoms with Gasteiger partial charge in [-0.3, -0.25) is 0 Å². The molecule has 0 bridgehead atoms. The van der Waals surface area contributed by atoms with E-state index in [4.69, 9.17) is 5.73 Å². The highest BCUT2D eigenvalue weighted by Crippen LogP contribution is 2.38. The quantitative estimate of drug-likeness (QED) is 0.667. The Hall–Kier alpha value is -0.810. The van der Waals surface area contributed by atoms with Crippen molar-refractivity contribution in [1.29, 1.82) is 0 Å². The van der Waals surface area contributed by atoms with Crippen molar-refractivity contribution in [1.82, 2.24) is 0 Å². The fraction of sp³-hybridized carbons (Fsp3) is 0.500. The molecule has 5 heteroatoms. The second kappa shape index (κ2) is 6.97. The Labute approximate surface area is 131 Å². The van der Waals surface area contributed by atoms with Crippen LogP contribution < -0.4 is 5.73 Å². The van der Waals surface area contributed by atoms with Gasteiger partial charge in [0.05, 0.1) is 11.6 Å². The van der Waals surface area contributed by atoms with Crippen molar-refractivity contribution in [3.05, 3.63) is 45.4 Å². The minimum Gasteiger partial charge on any atom is -0.321 e. The van der Waals surface area contributed by atoms with Crippen molar-refractivity contribution in [2.75, 3.05) is 0 Å². The van der Waals surface area contributed by atoms with Crippen molar-refractivity contribution in [3.63, 3.8) is 0 Å². The summed E-state index contributed by atoms with van der Waals surface area (Å²) in [7, 11) is 0. The molecule has 1 aromatic rings. The minimum atomic E-state index is -4.39. The topological polar surface area (TPSA) is 26.0 Å². The molecule has 1 aliphatic carbocycles. The third kappa shape index (κ3) is 4.33. The minimum absolute atomic E-state index is 0.164. The molecule has 0 fully saturated rings. The first-order chi connectivity index (χ1) is 9.89. The van der Waals surface area contributed by atoms with E-state index in [-0.39, 0.29) is 5.56 Å². The molecular formula is C16H19BrF3N. The van der Waals surface area contributed by atoms with E-state index in [9.17, 15) is 13.2 Å². The van der Waals surface area contributed by atoms with Gasteiger partial charge < -0.3 is 5.73 Å². The summed E-state index contributed by atoms with van der Waals surface area (Å²) in [5, 5.41) is 0. The number of rotatable bonds is 2. The van der Waals surface area contributed by atoms with E-state index in [2.05, 4.69) is 15.9 Å². The first kappa shape index (κ1) is 16.6. The molecule has 1 aliphatic rings. The molecule has 2 rings (SSSR count). The van der Waals surface area contributed by atoms with Crippen LogP contribution in [0.1, 0.15) is 55.7 Å². The van der Waals surface area contributed by atoms with E-state index in [1.54, 1.807) is 6.07 Å². The average Bonchev–Trinajstić information content (AvgIpc) is 2.36. The Morgan fingerprint density at radius 1 is 1.10 bits per heavy atom. The summed E-state index contributed by atoms with van der Waals surface area (Å²) in [6, 6.07) is 3.54. The molecule has 0 saturated heterocycles. The highest BCUT2D eigenvalue weighted by molar-refractivity contribution is 9.10. The van der Waals surface area contributed by atoms with Crippen LogP contribution in [-0.4, -0.2) is 0 Å². The highest BCUT2D eigenvalue weighted by atomic mass is 79.9. The normalized spacial score (nSPS) is 21.1. The van der Waals surface area contributed by atoms with Crippen molar-refractivity contribution >= 4 is 15.9 Å². The number of halogens is 4. The molecule has 0 aromatic heterocycles. The maximum atomic E-state index is 13.2. The lowest BCUT2D eigenvalue weighted by atomic mass is 9.89. The molecule has 116 valence electrons. The summed E-state index contributed by atoms with van der Waals surface area (Å²) in [6.07, 6.45) is 3.72. The molecule has 0 saturated carbocycles. The fourth-order valence-electron chi connectivity index (χ4n) is 2.74. The molecule has 0 radical (unpaired) electrons. The second-order valence-electron chi connectivity index (χ2n) is 5.44. The smallest absolute Gasteiger partial charge is 0.321 e. The second-order valence-corrected chi connectivity index (χ2v) is 6.35. The SMILES string of the molecule is NC(/C1=C/CCCCCC1)c1ccc(Br)cc1C(F)(F)F. The first-order valence-corrected chi connectivity index (χ1v) is 8.00. The van der Waals surface area contributed by atoms with E-state index in [0.717, 1.165) is 43.7 Å². The van der Waals surface area contributed by atoms with Gasteiger partial charge >= 0.3 is 6.18 Å². The molecule has 1 aromatic carbocycles. The van der Waals surface area contributed by atoms with Crippen molar-refractivity contribution in [2.45, 2.75) is 50.7 Å². The molecule has 1 nitrogen and oxygen atoms in total. The van der Waals surface area contributed by atoms with Gasteiger partial charge in [0.25, 0.3) is 0 Å². The summed E-state index contributed by atoms with van der Waals surface area (Å²) in [5.41, 5.74) is 6.61. The van der Waals surface area contributed by atoms with Crippen LogP contribution in [0.5, 0.6) is 0 Å². The van der Waals surface area contributed by atoms with E-state index >= 15 is 0 Å². The summed E-state index contributed by atoms with van der Waals surface area (Å²) in [5.74, 6) is 0. The van der Waals surface area contributed by atoms with Gasteiger partial charge in [0, 0.05) is 4.47 Å². The van der Waals surface area contributed by atoms with Crippen LogP contribution in [0.3, 0.4) is 0 Å². The lowest BCUT2D eigenvalue weighted by Crippen LogP contribution is -2.19. The Morgan fingerprint density at radius 3 is 2.52 bits per heavy atom. The van der Waals surface area contributed by atoms with Crippen LogP contribution in [0.2, 0.25) is 0 Å². The Morgan fingerprint density at radius 2 is 1.81 bits per heavy atom. The summed E-state index contributed by atoms with van der Waals surface area (Å²) in [4.78, 5) is 0. The summed E-state index contributed by atoms with van der Waals surface area (Å²) < 4.78 is 40.0. The number of hydrogen-bond acceptors (Lipinski definition) is 1. The summed E-state index contributed by atoms with van der Waals surface area (Å²) >= 11 is 3.10. The average molecular weight is 362 g/mol. The van der Waals surface area contributed by atoms with Crippen LogP contribution >= 0.6 is 15.9 Å². The van der Waals surface area contributed by atoms with E-state index < -0.39 is 17.8 Å². The Kier molecular flexibility index (Phi) is 5.49. The van der Waals surface area contributed by atoms with Gasteiger partial charge in [-0.2, -0.15) is 13.2 Å². The van der Waals surface area contributed by atoms with E-state index in [1.165, 1.54) is 12.5 Å². The third-order valence-electron chi connectivity index (χ3n) is 3.88. The Balaban J connectivity index is 2.36. The van der Waals surface area contributed by atoms with Crippen molar-refractivity contribution in [2.24, 2.45) is 5.73 Å². The van der Waals surface area contributed by atoms with Gasteiger partial charge in [0.1, 0.15) is 0 Å². The standard InChI is InChI=1S/C16H19BrF3N/c17-12-8-9-13(14(10-12)16(18,19)20)15(21)11-6-4-2-1-3-5-7-11/h6,8-10,15H,1-5,7,21H2/b11-6+. The molecule has 0 amide bonds. The zero-order valence-corrected chi connectivity index (χ0v) is 13.3. The molecule has 1 unspecified atom stereocenters. The van der Waals surface area contributed by atoms with Gasteiger partial charge in [-0.1, -0.05) is 46.5 Å². The molecule has 0 heterocycles. The lowest BCUT2D eigenvalue weighted by molar-refractivity contribution is -0.138. The Bertz CT molecular complexity index is 523. The van der Waals surface area contributed by atoms with E-state index in [1.807, 2.05) is 6.08 Å². The number of hydrogen-bond donors (Lipinski definition) is 1. The van der Waals surface area contributed by atoms with Gasteiger partial charge in [0.15, 0.2) is 0 Å². The largest absolute Gasteiger partial charge is 0.416 e. The van der Waals surface area contributed by atoms with Crippen LogP contribution in [-0.2, 0) is 6.18 Å². The molecule has 21 heavy (non-hydrogen) atoms. The predicted molar refractivity (Wildman–Crippen MR) is 81.9 cm³/mol. The summed E-state index contributed by atoms with van der Waals surface area (Å²) in [6.45, 7) is 0. The van der Waals surface area contributed by atoms with Crippen molar-refractivity contribution in [3.8, 4) is 0 Å². The number of allylic oxidation sites excluding steroid dienone is 1. The zero-order chi connectivity index (χ0) is 15.5. The van der Waals surface area contributed by atoms with Crippen LogP contribution in [0.15, 0.2) is 34.3 Å². The number of benzene rings is 1. The molecule has 2 N–H and O–H groups in total. The predicted octanol–water partition coefficient (Wildman–Crippen LogP) is 5.75. The maximum Gasteiger partial charge on any atom is 0.416 e. The van der Waals surface area contributed by atoms with Crippen LogP contribution in [0, 0.1) is 0 Å². The fourth-order valence-corrected chi connectivity index (χ4v) is 3.11. The third-order valence-corrected chi connectivity index (χ3v) is 4.37. The molecule has 0 spiro atoms. The zero-order valence-electron chi connectivity index (χ0n) is 11.7. The lowest BCUT2D eigenvalue weighted by Gasteiger charge is -2.22. The maximum absolute atomic E-state index is 13.2. The van der Waals surface area contributed by atoms with Gasteiger partial charge in [0.2, 0.25) is 0 Å². The monoisotopic (exact) mass is 361 g/mol. The molecule has 0 aliphatic heterocycles. The van der Waals surface area contributed by atoms with Crippen LogP contribution in [0.4, 0.5) is 13.2 Å². The van der Waals surface area contributed by atoms with Gasteiger partial charge in [-0.05, 0) is 43.4 Å². The van der Waals surface area contributed by atoms with Gasteiger partial charge in [-0.15, -0.1) is 0 Å². The molecular weight excluding hydrogens is 343 g/mol. The molecule has 1 atom stereocenters. The number of alkyl halides is 3. The van der Waals surface area contributed by atoms with Crippen molar-refractivity contribution < 1.29 is 13.2 Å². The van der Waals surface area contributed by atoms with Gasteiger partial charge in [-0.25, -0.2) is 0 Å². The number of nitrogens with two attached hydrogens (primary N) is 1. The highest BCUT2D eigenvalue weighted by Gasteiger charge is 2.35. The van der Waals surface area contributed by atoms with E-state index in [0.29, 0.717) is 4.47 Å².